The molecule has 0 aliphatic heterocycles. The van der Waals surface area contributed by atoms with Crippen LogP contribution in [0.3, 0.4) is 0 Å². The Balaban J connectivity index is 1.61. The molecule has 28 heavy (non-hydrogen) atoms. The predicted octanol–water partition coefficient (Wildman–Crippen LogP) is 5.51. The van der Waals surface area contributed by atoms with E-state index >= 15 is 0 Å². The van der Waals surface area contributed by atoms with Gasteiger partial charge >= 0.3 is 0 Å². The van der Waals surface area contributed by atoms with Crippen LogP contribution in [0.4, 0.5) is 17.2 Å². The molecule has 2 heterocycles. The van der Waals surface area contributed by atoms with Crippen molar-refractivity contribution in [2.24, 2.45) is 0 Å². The summed E-state index contributed by atoms with van der Waals surface area (Å²) in [5.74, 6) is 0.508. The first kappa shape index (κ1) is 17.8. The maximum absolute atomic E-state index is 9.55. The minimum atomic E-state index is 0.469. The number of anilines is 3. The Hall–Kier alpha value is -3.62. The third-order valence-corrected chi connectivity index (χ3v) is 4.48. The van der Waals surface area contributed by atoms with Gasteiger partial charge < -0.3 is 10.6 Å². The number of aromatic nitrogens is 2. The number of hydrogen-bond acceptors (Lipinski definition) is 5. The van der Waals surface area contributed by atoms with Crippen molar-refractivity contribution >= 4 is 39.7 Å². The minimum Gasteiger partial charge on any atom is -0.381 e. The third-order valence-electron chi connectivity index (χ3n) is 4.24. The first-order chi connectivity index (χ1) is 13.7. The molecular weight excluding hydrogens is 370 g/mol. The van der Waals surface area contributed by atoms with E-state index in [-0.39, 0.29) is 0 Å². The Morgan fingerprint density at radius 2 is 1.93 bits per heavy atom. The molecule has 0 radical (unpaired) electrons. The highest BCUT2D eigenvalue weighted by Gasteiger charge is 2.08. The van der Waals surface area contributed by atoms with Crippen LogP contribution >= 0.6 is 11.6 Å². The number of benzene rings is 2. The third kappa shape index (κ3) is 4.03. The molecule has 0 saturated heterocycles. The van der Waals surface area contributed by atoms with Crippen LogP contribution in [-0.4, -0.2) is 9.97 Å². The van der Waals surface area contributed by atoms with Crippen LogP contribution < -0.4 is 10.6 Å². The van der Waals surface area contributed by atoms with Crippen molar-refractivity contribution < 1.29 is 0 Å². The second-order valence-corrected chi connectivity index (χ2v) is 6.69. The number of hydrogen-bond donors (Lipinski definition) is 2. The van der Waals surface area contributed by atoms with Crippen molar-refractivity contribution in [2.45, 2.75) is 6.54 Å². The molecule has 0 saturated carbocycles. The van der Waals surface area contributed by atoms with Crippen molar-refractivity contribution in [3.63, 3.8) is 0 Å². The van der Waals surface area contributed by atoms with Gasteiger partial charge in [-0.15, -0.1) is 0 Å². The van der Waals surface area contributed by atoms with Gasteiger partial charge in [-0.25, -0.2) is 4.98 Å². The average Bonchev–Trinajstić information content (AvgIpc) is 2.72. The van der Waals surface area contributed by atoms with E-state index in [1.165, 1.54) is 0 Å². The predicted molar refractivity (Wildman–Crippen MR) is 113 cm³/mol. The molecule has 0 aliphatic rings. The second kappa shape index (κ2) is 7.95. The molecule has 2 aromatic carbocycles. The second-order valence-electron chi connectivity index (χ2n) is 6.25. The lowest BCUT2D eigenvalue weighted by Crippen LogP contribution is -2.00. The van der Waals surface area contributed by atoms with E-state index in [0.717, 1.165) is 27.8 Å². The Bertz CT molecular complexity index is 1170. The molecule has 4 aromatic rings. The first-order valence-electron chi connectivity index (χ1n) is 8.71. The summed E-state index contributed by atoms with van der Waals surface area (Å²) in [5, 5.41) is 17.6. The number of nitriles is 1. The monoisotopic (exact) mass is 385 g/mol. The molecule has 2 aromatic heterocycles. The van der Waals surface area contributed by atoms with Crippen LogP contribution in [0.5, 0.6) is 0 Å². The summed E-state index contributed by atoms with van der Waals surface area (Å²) in [6.07, 6.45) is 3.58. The fraction of sp³-hybridized carbons (Fsp3) is 0.0455. The van der Waals surface area contributed by atoms with E-state index < -0.39 is 0 Å². The maximum atomic E-state index is 9.55. The number of fused-ring (bicyclic) bond motifs is 1. The zero-order valence-electron chi connectivity index (χ0n) is 14.9. The highest BCUT2D eigenvalue weighted by molar-refractivity contribution is 6.30. The maximum Gasteiger partial charge on any atom is 0.149 e. The van der Waals surface area contributed by atoms with Gasteiger partial charge in [-0.05, 0) is 54.1 Å². The molecule has 0 aliphatic carbocycles. The zero-order chi connectivity index (χ0) is 19.3. The van der Waals surface area contributed by atoms with Gasteiger partial charge in [-0.3, -0.25) is 4.98 Å². The lowest BCUT2D eigenvalue weighted by atomic mass is 10.1. The van der Waals surface area contributed by atoms with Gasteiger partial charge in [0.15, 0.2) is 0 Å². The number of nitrogens with one attached hydrogen (secondary N) is 2. The number of halogens is 1. The highest BCUT2D eigenvalue weighted by Crippen LogP contribution is 2.26. The fourth-order valence-electron chi connectivity index (χ4n) is 2.88. The van der Waals surface area contributed by atoms with Gasteiger partial charge in [-0.1, -0.05) is 23.7 Å². The molecule has 0 unspecified atom stereocenters. The summed E-state index contributed by atoms with van der Waals surface area (Å²) in [4.78, 5) is 8.73. The van der Waals surface area contributed by atoms with Crippen LogP contribution in [0.1, 0.15) is 11.1 Å². The van der Waals surface area contributed by atoms with Crippen molar-refractivity contribution in [1.82, 2.24) is 9.97 Å². The lowest BCUT2D eigenvalue weighted by molar-refractivity contribution is 1.11. The van der Waals surface area contributed by atoms with Crippen LogP contribution in [0.25, 0.3) is 10.9 Å². The van der Waals surface area contributed by atoms with Gasteiger partial charge in [0.2, 0.25) is 0 Å². The van der Waals surface area contributed by atoms with Gasteiger partial charge in [0.1, 0.15) is 11.9 Å². The molecule has 0 spiro atoms. The summed E-state index contributed by atoms with van der Waals surface area (Å²) < 4.78 is 0. The van der Waals surface area contributed by atoms with Gasteiger partial charge in [0.05, 0.1) is 11.1 Å². The molecule has 0 atom stereocenters. The SMILES string of the molecule is N#Cc1cc2cc(NCc3cccnc3)ccc2nc1Nc1cccc(Cl)c1. The number of rotatable bonds is 5. The molecule has 5 nitrogen and oxygen atoms in total. The molecule has 2 N–H and O–H groups in total. The largest absolute Gasteiger partial charge is 0.381 e. The highest BCUT2D eigenvalue weighted by atomic mass is 35.5. The Kier molecular flexibility index (Phi) is 5.05. The molecule has 0 fully saturated rings. The van der Waals surface area contributed by atoms with Crippen molar-refractivity contribution in [3.05, 3.63) is 89.2 Å². The van der Waals surface area contributed by atoms with Crippen LogP contribution in [-0.2, 0) is 6.54 Å². The molecule has 4 rings (SSSR count). The van der Waals surface area contributed by atoms with Crippen molar-refractivity contribution in [3.8, 4) is 6.07 Å². The summed E-state index contributed by atoms with van der Waals surface area (Å²) in [7, 11) is 0. The van der Waals surface area contributed by atoms with Crippen molar-refractivity contribution in [1.29, 1.82) is 5.26 Å². The average molecular weight is 386 g/mol. The fourth-order valence-corrected chi connectivity index (χ4v) is 3.07. The topological polar surface area (TPSA) is 73.6 Å². The van der Waals surface area contributed by atoms with Crippen molar-refractivity contribution in [2.75, 3.05) is 10.6 Å². The van der Waals surface area contributed by atoms with E-state index in [0.29, 0.717) is 22.9 Å². The Morgan fingerprint density at radius 3 is 2.71 bits per heavy atom. The molecular formula is C22H16ClN5. The Morgan fingerprint density at radius 1 is 1.00 bits per heavy atom. The number of nitrogens with zero attached hydrogens (tertiary/aromatic N) is 3. The van der Waals surface area contributed by atoms with E-state index in [4.69, 9.17) is 11.6 Å². The Labute approximate surface area is 167 Å². The quantitative estimate of drug-likeness (QED) is 0.473. The van der Waals surface area contributed by atoms with E-state index in [2.05, 4.69) is 26.7 Å². The summed E-state index contributed by atoms with van der Waals surface area (Å²) in [5.41, 5.74) is 4.11. The van der Waals surface area contributed by atoms with Gasteiger partial charge in [0.25, 0.3) is 0 Å². The molecule has 0 amide bonds. The molecule has 136 valence electrons. The minimum absolute atomic E-state index is 0.469. The summed E-state index contributed by atoms with van der Waals surface area (Å²) in [6, 6.07) is 21.2. The van der Waals surface area contributed by atoms with Crippen LogP contribution in [0, 0.1) is 11.3 Å². The van der Waals surface area contributed by atoms with Crippen LogP contribution in [0.15, 0.2) is 73.1 Å². The lowest BCUT2D eigenvalue weighted by Gasteiger charge is -2.11. The normalized spacial score (nSPS) is 10.4. The smallest absolute Gasteiger partial charge is 0.149 e. The van der Waals surface area contributed by atoms with E-state index in [1.807, 2.05) is 54.7 Å². The van der Waals surface area contributed by atoms with Crippen LogP contribution in [0.2, 0.25) is 5.02 Å². The van der Waals surface area contributed by atoms with E-state index in [9.17, 15) is 5.26 Å². The van der Waals surface area contributed by atoms with Gasteiger partial charge in [-0.2, -0.15) is 5.26 Å². The molecule has 6 heteroatoms. The summed E-state index contributed by atoms with van der Waals surface area (Å²) in [6.45, 7) is 0.673. The molecule has 0 bridgehead atoms. The van der Waals surface area contributed by atoms with E-state index in [1.54, 1.807) is 18.3 Å². The zero-order valence-corrected chi connectivity index (χ0v) is 15.6. The number of pyridine rings is 2. The summed E-state index contributed by atoms with van der Waals surface area (Å²) >= 11 is 6.03. The van der Waals surface area contributed by atoms with Gasteiger partial charge in [0, 0.05) is 40.7 Å². The first-order valence-corrected chi connectivity index (χ1v) is 9.09. The standard InChI is InChI=1S/C22H16ClN5/c23-18-4-1-5-20(11-18)27-22-17(12-24)9-16-10-19(6-7-21(16)28-22)26-14-15-3-2-8-25-13-15/h1-11,13,26H,14H2,(H,27,28).